The summed E-state index contributed by atoms with van der Waals surface area (Å²) in [5.74, 6) is -0.00264. The van der Waals surface area contributed by atoms with Crippen molar-refractivity contribution < 1.29 is 13.2 Å². The van der Waals surface area contributed by atoms with E-state index in [-0.39, 0.29) is 0 Å². The monoisotopic (exact) mass is 414 g/mol. The van der Waals surface area contributed by atoms with E-state index in [1.54, 1.807) is 0 Å². The predicted molar refractivity (Wildman–Crippen MR) is 117 cm³/mol. The zero-order chi connectivity index (χ0) is 21.1. The molecule has 0 N–H and O–H groups in total. The molecule has 30 heavy (non-hydrogen) atoms. The molecule has 2 aromatic carbocycles. The first-order chi connectivity index (χ1) is 14.5. The smallest absolute Gasteiger partial charge is 0.194 e. The van der Waals surface area contributed by atoms with Gasteiger partial charge in [-0.2, -0.15) is 0 Å². The molecule has 2 fully saturated rings. The highest BCUT2D eigenvalue weighted by molar-refractivity contribution is 5.63. The van der Waals surface area contributed by atoms with Crippen LogP contribution in [0.3, 0.4) is 0 Å². The molecule has 0 heterocycles. The lowest BCUT2D eigenvalue weighted by atomic mass is 9.69. The van der Waals surface area contributed by atoms with Crippen molar-refractivity contribution in [3.63, 3.8) is 0 Å². The lowest BCUT2D eigenvalue weighted by Crippen LogP contribution is -2.25. The maximum Gasteiger partial charge on any atom is 0.194 e. The first kappa shape index (κ1) is 21.5. The van der Waals surface area contributed by atoms with E-state index >= 15 is 0 Å². The Labute approximate surface area is 178 Å². The maximum atomic E-state index is 13.5. The number of rotatable bonds is 5. The van der Waals surface area contributed by atoms with Gasteiger partial charge >= 0.3 is 0 Å². The molecule has 3 heteroatoms. The molecule has 0 unspecified atom stereocenters. The van der Waals surface area contributed by atoms with Crippen LogP contribution in [0.25, 0.3) is 11.1 Å². The Morgan fingerprint density at radius 3 is 1.80 bits per heavy atom. The highest BCUT2D eigenvalue weighted by Gasteiger charge is 2.29. The SMILES string of the molecule is CC1CCC(C2CCC(CCc3ccc(-c4cc(F)c(F)c(F)c4)cc3)CC2)CC1. The van der Waals surface area contributed by atoms with Crippen LogP contribution in [0.15, 0.2) is 36.4 Å². The van der Waals surface area contributed by atoms with Crippen LogP contribution in [0.1, 0.15) is 70.3 Å². The molecule has 0 amide bonds. The van der Waals surface area contributed by atoms with Crippen LogP contribution >= 0.6 is 0 Å². The van der Waals surface area contributed by atoms with Crippen molar-refractivity contribution in [3.05, 3.63) is 59.4 Å². The average Bonchev–Trinajstić information content (AvgIpc) is 2.77. The molecule has 2 aliphatic rings. The number of aryl methyl sites for hydroxylation is 1. The minimum absolute atomic E-state index is 0.369. The molecule has 0 bridgehead atoms. The number of benzene rings is 2. The first-order valence-corrected chi connectivity index (χ1v) is 11.7. The maximum absolute atomic E-state index is 13.5. The third-order valence-electron chi connectivity index (χ3n) is 7.73. The molecule has 0 radical (unpaired) electrons. The molecule has 0 atom stereocenters. The number of hydrogen-bond donors (Lipinski definition) is 0. The van der Waals surface area contributed by atoms with Crippen LogP contribution in [0.2, 0.25) is 0 Å². The van der Waals surface area contributed by atoms with E-state index in [1.165, 1.54) is 63.4 Å². The minimum Gasteiger partial charge on any atom is -0.204 e. The molecule has 0 nitrogen and oxygen atoms in total. The van der Waals surface area contributed by atoms with Gasteiger partial charge < -0.3 is 0 Å². The van der Waals surface area contributed by atoms with Gasteiger partial charge in [-0.1, -0.05) is 56.9 Å². The van der Waals surface area contributed by atoms with Crippen molar-refractivity contribution in [3.8, 4) is 11.1 Å². The fraction of sp³-hybridized carbons (Fsp3) is 0.556. The third-order valence-corrected chi connectivity index (χ3v) is 7.73. The summed E-state index contributed by atoms with van der Waals surface area (Å²) in [6.07, 6.45) is 13.6. The van der Waals surface area contributed by atoms with Crippen molar-refractivity contribution in [2.75, 3.05) is 0 Å². The van der Waals surface area contributed by atoms with Gasteiger partial charge in [-0.25, -0.2) is 13.2 Å². The molecule has 162 valence electrons. The van der Waals surface area contributed by atoms with E-state index in [4.69, 9.17) is 0 Å². The lowest BCUT2D eigenvalue weighted by molar-refractivity contribution is 0.148. The van der Waals surface area contributed by atoms with Gasteiger partial charge in [0.1, 0.15) is 0 Å². The summed E-state index contributed by atoms with van der Waals surface area (Å²) in [4.78, 5) is 0. The van der Waals surface area contributed by atoms with E-state index in [0.29, 0.717) is 11.1 Å². The van der Waals surface area contributed by atoms with Crippen molar-refractivity contribution in [2.45, 2.75) is 71.1 Å². The van der Waals surface area contributed by atoms with Gasteiger partial charge in [0, 0.05) is 0 Å². The summed E-state index contributed by atoms with van der Waals surface area (Å²) < 4.78 is 40.1. The number of halogens is 3. The van der Waals surface area contributed by atoms with Crippen LogP contribution in [-0.2, 0) is 6.42 Å². The van der Waals surface area contributed by atoms with Crippen molar-refractivity contribution >= 4 is 0 Å². The Morgan fingerprint density at radius 1 is 0.700 bits per heavy atom. The van der Waals surface area contributed by atoms with E-state index in [9.17, 15) is 13.2 Å². The van der Waals surface area contributed by atoms with E-state index in [2.05, 4.69) is 6.92 Å². The van der Waals surface area contributed by atoms with Gasteiger partial charge in [0.05, 0.1) is 0 Å². The van der Waals surface area contributed by atoms with E-state index < -0.39 is 17.5 Å². The second kappa shape index (κ2) is 9.58. The summed E-state index contributed by atoms with van der Waals surface area (Å²) >= 11 is 0. The normalized spacial score (nSPS) is 27.2. The summed E-state index contributed by atoms with van der Waals surface area (Å²) in [7, 11) is 0. The fourth-order valence-electron chi connectivity index (χ4n) is 5.66. The van der Waals surface area contributed by atoms with Gasteiger partial charge in [-0.05, 0) is 91.0 Å². The summed E-state index contributed by atoms with van der Waals surface area (Å²) in [5.41, 5.74) is 2.33. The molecular formula is C27H33F3. The van der Waals surface area contributed by atoms with Gasteiger partial charge in [0.15, 0.2) is 17.5 Å². The molecule has 4 rings (SSSR count). The largest absolute Gasteiger partial charge is 0.204 e. The standard InChI is InChI=1S/C27H33F3/c1-18-2-10-21(11-3-18)22-12-6-19(7-13-22)4-5-20-8-14-23(15-9-20)24-16-25(28)27(30)26(29)17-24/h8-9,14-19,21-22H,2-7,10-13H2,1H3. The molecule has 0 aromatic heterocycles. The second-order valence-corrected chi connectivity index (χ2v) is 9.79. The Kier molecular flexibility index (Phi) is 6.85. The Hall–Kier alpha value is -1.77. The van der Waals surface area contributed by atoms with Gasteiger partial charge in [-0.15, -0.1) is 0 Å². The molecule has 2 saturated carbocycles. The summed E-state index contributed by atoms with van der Waals surface area (Å²) in [5, 5.41) is 0. The molecule has 0 aliphatic heterocycles. The Balaban J connectivity index is 1.26. The van der Waals surface area contributed by atoms with Crippen molar-refractivity contribution in [1.29, 1.82) is 0 Å². The molecule has 0 saturated heterocycles. The number of hydrogen-bond acceptors (Lipinski definition) is 0. The molecule has 2 aliphatic carbocycles. The summed E-state index contributed by atoms with van der Waals surface area (Å²) in [6, 6.07) is 9.93. The van der Waals surface area contributed by atoms with Crippen LogP contribution in [0, 0.1) is 41.1 Å². The van der Waals surface area contributed by atoms with Crippen LogP contribution < -0.4 is 0 Å². The van der Waals surface area contributed by atoms with Crippen molar-refractivity contribution in [1.82, 2.24) is 0 Å². The predicted octanol–water partition coefficient (Wildman–Crippen LogP) is 8.34. The van der Waals surface area contributed by atoms with E-state index in [1.807, 2.05) is 24.3 Å². The topological polar surface area (TPSA) is 0 Å². The minimum atomic E-state index is -1.41. The Morgan fingerprint density at radius 2 is 1.23 bits per heavy atom. The van der Waals surface area contributed by atoms with Crippen molar-refractivity contribution in [2.24, 2.45) is 23.7 Å². The van der Waals surface area contributed by atoms with Gasteiger partial charge in [0.25, 0.3) is 0 Å². The molecular weight excluding hydrogens is 381 g/mol. The zero-order valence-corrected chi connectivity index (χ0v) is 18.0. The Bertz CT molecular complexity index is 803. The molecule has 0 spiro atoms. The summed E-state index contributed by atoms with van der Waals surface area (Å²) in [6.45, 7) is 2.40. The first-order valence-electron chi connectivity index (χ1n) is 11.7. The van der Waals surface area contributed by atoms with Crippen LogP contribution in [0.4, 0.5) is 13.2 Å². The zero-order valence-electron chi connectivity index (χ0n) is 18.0. The van der Waals surface area contributed by atoms with Crippen LogP contribution in [-0.4, -0.2) is 0 Å². The highest BCUT2D eigenvalue weighted by Crippen LogP contribution is 2.42. The lowest BCUT2D eigenvalue weighted by Gasteiger charge is -2.37. The third kappa shape index (κ3) is 5.10. The highest BCUT2D eigenvalue weighted by atomic mass is 19.2. The van der Waals surface area contributed by atoms with E-state index in [0.717, 1.165) is 42.2 Å². The molecule has 2 aromatic rings. The second-order valence-electron chi connectivity index (χ2n) is 9.79. The quantitative estimate of drug-likeness (QED) is 0.431. The van der Waals surface area contributed by atoms with Crippen LogP contribution in [0.5, 0.6) is 0 Å². The fourth-order valence-corrected chi connectivity index (χ4v) is 5.66. The van der Waals surface area contributed by atoms with Gasteiger partial charge in [-0.3, -0.25) is 0 Å². The van der Waals surface area contributed by atoms with Gasteiger partial charge in [0.2, 0.25) is 0 Å². The average molecular weight is 415 g/mol.